The molecular weight excluding hydrogens is 286 g/mol. The van der Waals surface area contributed by atoms with Crippen molar-refractivity contribution >= 4 is 17.8 Å². The highest BCUT2D eigenvalue weighted by Crippen LogP contribution is 2.08. The summed E-state index contributed by atoms with van der Waals surface area (Å²) in [4.78, 5) is 33.9. The highest BCUT2D eigenvalue weighted by molar-refractivity contribution is 5.85. The first-order valence-corrected chi connectivity index (χ1v) is 7.80. The van der Waals surface area contributed by atoms with Crippen LogP contribution in [-0.4, -0.2) is 35.6 Å². The second-order valence-corrected chi connectivity index (χ2v) is 5.04. The van der Waals surface area contributed by atoms with E-state index in [9.17, 15) is 14.4 Å². The van der Waals surface area contributed by atoms with Gasteiger partial charge in [-0.15, -0.1) is 6.58 Å². The van der Waals surface area contributed by atoms with Gasteiger partial charge < -0.3 is 15.2 Å². The van der Waals surface area contributed by atoms with Crippen LogP contribution in [0.2, 0.25) is 0 Å². The van der Waals surface area contributed by atoms with E-state index in [2.05, 4.69) is 11.9 Å². The second kappa shape index (κ2) is 12.9. The number of carbonyl (C=O) groups excluding carboxylic acids is 2. The van der Waals surface area contributed by atoms with Crippen LogP contribution in [0.15, 0.2) is 12.7 Å². The van der Waals surface area contributed by atoms with Gasteiger partial charge in [0.1, 0.15) is 6.04 Å². The first-order chi connectivity index (χ1) is 10.5. The molecule has 0 aromatic heterocycles. The van der Waals surface area contributed by atoms with E-state index in [0.29, 0.717) is 6.42 Å². The monoisotopic (exact) mass is 313 g/mol. The number of carbonyl (C=O) groups is 3. The van der Waals surface area contributed by atoms with E-state index < -0.39 is 23.9 Å². The van der Waals surface area contributed by atoms with Gasteiger partial charge in [-0.2, -0.15) is 0 Å². The summed E-state index contributed by atoms with van der Waals surface area (Å²) in [5, 5.41) is 11.6. The van der Waals surface area contributed by atoms with E-state index in [1.54, 1.807) is 6.92 Å². The predicted molar refractivity (Wildman–Crippen MR) is 83.3 cm³/mol. The Morgan fingerprint density at radius 3 is 2.45 bits per heavy atom. The minimum atomic E-state index is -1.05. The SMILES string of the molecule is C=CCCCCCC[C@H](NC(=O)CCC(=O)OCC)C(=O)O. The van der Waals surface area contributed by atoms with Gasteiger partial charge in [-0.1, -0.05) is 25.3 Å². The fourth-order valence-corrected chi connectivity index (χ4v) is 1.96. The minimum Gasteiger partial charge on any atom is -0.480 e. The van der Waals surface area contributed by atoms with Crippen LogP contribution in [-0.2, 0) is 19.1 Å². The number of aliphatic carboxylic acids is 1. The Morgan fingerprint density at radius 2 is 1.86 bits per heavy atom. The Kier molecular flexibility index (Phi) is 11.8. The summed E-state index contributed by atoms with van der Waals surface area (Å²) in [6.45, 7) is 5.60. The maximum absolute atomic E-state index is 11.6. The van der Waals surface area contributed by atoms with Crippen LogP contribution in [0.25, 0.3) is 0 Å². The summed E-state index contributed by atoms with van der Waals surface area (Å²) in [6, 6.07) is -0.894. The van der Waals surface area contributed by atoms with Gasteiger partial charge in [-0.05, 0) is 26.2 Å². The average Bonchev–Trinajstić information content (AvgIpc) is 2.47. The van der Waals surface area contributed by atoms with Gasteiger partial charge >= 0.3 is 11.9 Å². The zero-order valence-electron chi connectivity index (χ0n) is 13.3. The maximum Gasteiger partial charge on any atom is 0.326 e. The molecule has 0 bridgehead atoms. The lowest BCUT2D eigenvalue weighted by molar-refractivity contribution is -0.145. The topological polar surface area (TPSA) is 92.7 Å². The van der Waals surface area contributed by atoms with Crippen LogP contribution < -0.4 is 5.32 Å². The normalized spacial score (nSPS) is 11.5. The molecular formula is C16H27NO5. The van der Waals surface area contributed by atoms with E-state index in [4.69, 9.17) is 9.84 Å². The smallest absolute Gasteiger partial charge is 0.326 e. The zero-order valence-corrected chi connectivity index (χ0v) is 13.3. The summed E-state index contributed by atoms with van der Waals surface area (Å²) < 4.78 is 4.71. The number of rotatable bonds is 13. The van der Waals surface area contributed by atoms with Gasteiger partial charge in [0.05, 0.1) is 13.0 Å². The fourth-order valence-electron chi connectivity index (χ4n) is 1.96. The molecule has 0 aliphatic heterocycles. The van der Waals surface area contributed by atoms with Gasteiger partial charge in [-0.3, -0.25) is 9.59 Å². The van der Waals surface area contributed by atoms with Crippen LogP contribution in [0.3, 0.4) is 0 Å². The molecule has 0 fully saturated rings. The van der Waals surface area contributed by atoms with Crippen molar-refractivity contribution < 1.29 is 24.2 Å². The number of amides is 1. The molecule has 126 valence electrons. The average molecular weight is 313 g/mol. The molecule has 0 aromatic carbocycles. The van der Waals surface area contributed by atoms with Crippen molar-refractivity contribution in [1.82, 2.24) is 5.32 Å². The third-order valence-electron chi connectivity index (χ3n) is 3.15. The molecule has 0 aliphatic carbocycles. The Balaban J connectivity index is 3.97. The highest BCUT2D eigenvalue weighted by atomic mass is 16.5. The van der Waals surface area contributed by atoms with Gasteiger partial charge in [0.15, 0.2) is 0 Å². The van der Waals surface area contributed by atoms with Crippen molar-refractivity contribution in [2.75, 3.05) is 6.61 Å². The Morgan fingerprint density at radius 1 is 1.18 bits per heavy atom. The number of allylic oxidation sites excluding steroid dienone is 1. The van der Waals surface area contributed by atoms with Crippen molar-refractivity contribution in [3.05, 3.63) is 12.7 Å². The molecule has 0 radical (unpaired) electrons. The number of esters is 1. The summed E-state index contributed by atoms with van der Waals surface area (Å²) in [5.74, 6) is -1.94. The molecule has 0 spiro atoms. The summed E-state index contributed by atoms with van der Waals surface area (Å²) in [6.07, 6.45) is 6.88. The Hall–Kier alpha value is -1.85. The minimum absolute atomic E-state index is 0.0342. The first kappa shape index (κ1) is 20.1. The van der Waals surface area contributed by atoms with Crippen molar-refractivity contribution in [2.45, 2.75) is 64.3 Å². The summed E-state index contributed by atoms with van der Waals surface area (Å²) in [5.41, 5.74) is 0. The van der Waals surface area contributed by atoms with Crippen LogP contribution in [0.4, 0.5) is 0 Å². The largest absolute Gasteiger partial charge is 0.480 e. The number of unbranched alkanes of at least 4 members (excludes halogenated alkanes) is 4. The lowest BCUT2D eigenvalue weighted by Gasteiger charge is -2.14. The number of carboxylic acids is 1. The second-order valence-electron chi connectivity index (χ2n) is 5.04. The zero-order chi connectivity index (χ0) is 16.8. The third-order valence-corrected chi connectivity index (χ3v) is 3.15. The number of hydrogen-bond acceptors (Lipinski definition) is 4. The van der Waals surface area contributed by atoms with Crippen molar-refractivity contribution in [3.63, 3.8) is 0 Å². The molecule has 0 heterocycles. The maximum atomic E-state index is 11.6. The lowest BCUT2D eigenvalue weighted by Crippen LogP contribution is -2.40. The van der Waals surface area contributed by atoms with Crippen LogP contribution in [0, 0.1) is 0 Å². The quantitative estimate of drug-likeness (QED) is 0.309. The summed E-state index contributed by atoms with van der Waals surface area (Å²) >= 11 is 0. The summed E-state index contributed by atoms with van der Waals surface area (Å²) in [7, 11) is 0. The standard InChI is InChI=1S/C16H27NO5/c1-3-5-6-7-8-9-10-13(16(20)21)17-14(18)11-12-15(19)22-4-2/h3,13H,1,4-12H2,2H3,(H,17,18)(H,20,21)/t13-/m0/s1. The van der Waals surface area contributed by atoms with Crippen LogP contribution >= 0.6 is 0 Å². The third kappa shape index (κ3) is 10.9. The Labute approximate surface area is 131 Å². The fraction of sp³-hybridized carbons (Fsp3) is 0.688. The molecule has 1 amide bonds. The van der Waals surface area contributed by atoms with Gasteiger partial charge in [0.25, 0.3) is 0 Å². The number of hydrogen-bond donors (Lipinski definition) is 2. The van der Waals surface area contributed by atoms with Gasteiger partial charge in [0, 0.05) is 6.42 Å². The van der Waals surface area contributed by atoms with Gasteiger partial charge in [-0.25, -0.2) is 4.79 Å². The molecule has 0 saturated carbocycles. The molecule has 1 atom stereocenters. The van der Waals surface area contributed by atoms with E-state index >= 15 is 0 Å². The van der Waals surface area contributed by atoms with E-state index in [0.717, 1.165) is 32.1 Å². The van der Waals surface area contributed by atoms with Crippen LogP contribution in [0.5, 0.6) is 0 Å². The molecule has 0 aromatic rings. The Bertz CT molecular complexity index is 368. The molecule has 22 heavy (non-hydrogen) atoms. The molecule has 6 heteroatoms. The molecule has 0 saturated heterocycles. The first-order valence-electron chi connectivity index (χ1n) is 7.80. The van der Waals surface area contributed by atoms with E-state index in [1.807, 2.05) is 6.08 Å². The van der Waals surface area contributed by atoms with E-state index in [1.165, 1.54) is 0 Å². The number of carboxylic acid groups (broad SMARTS) is 1. The van der Waals surface area contributed by atoms with Crippen molar-refractivity contribution in [1.29, 1.82) is 0 Å². The number of ether oxygens (including phenoxy) is 1. The van der Waals surface area contributed by atoms with Crippen molar-refractivity contribution in [3.8, 4) is 0 Å². The van der Waals surface area contributed by atoms with E-state index in [-0.39, 0.29) is 19.4 Å². The molecule has 0 aliphatic rings. The molecule has 0 rings (SSSR count). The molecule has 6 nitrogen and oxygen atoms in total. The van der Waals surface area contributed by atoms with Crippen LogP contribution in [0.1, 0.15) is 58.3 Å². The lowest BCUT2D eigenvalue weighted by atomic mass is 10.1. The molecule has 2 N–H and O–H groups in total. The molecule has 0 unspecified atom stereocenters. The van der Waals surface area contributed by atoms with Crippen molar-refractivity contribution in [2.24, 2.45) is 0 Å². The predicted octanol–water partition coefficient (Wildman–Crippen LogP) is 2.43. The number of nitrogens with one attached hydrogen (secondary N) is 1. The van der Waals surface area contributed by atoms with Gasteiger partial charge in [0.2, 0.25) is 5.91 Å². The highest BCUT2D eigenvalue weighted by Gasteiger charge is 2.19.